The zero-order chi connectivity index (χ0) is 4.00. The third-order valence-electron chi connectivity index (χ3n) is 0. The number of rotatable bonds is 0. The summed E-state index contributed by atoms with van der Waals surface area (Å²) in [4.78, 5) is 0. The van der Waals surface area contributed by atoms with Crippen molar-refractivity contribution in [2.75, 3.05) is 0 Å². The SMILES string of the molecule is OO.[Na+].[Na+].[O-]Cl.[OH-]. The summed E-state index contributed by atoms with van der Waals surface area (Å²) in [5.41, 5.74) is 0. The third kappa shape index (κ3) is 67.3. The molecular weight excluding hydrogens is 145 g/mol. The van der Waals surface area contributed by atoms with Crippen molar-refractivity contribution < 1.29 is 79.8 Å². The van der Waals surface area contributed by atoms with Crippen molar-refractivity contribution in [3.05, 3.63) is 0 Å². The van der Waals surface area contributed by atoms with E-state index in [1.165, 1.54) is 0 Å². The first-order valence-electron chi connectivity index (χ1n) is 0.354. The predicted octanol–water partition coefficient (Wildman–Crippen LogP) is -6.65. The van der Waals surface area contributed by atoms with Gasteiger partial charge in [0.2, 0.25) is 0 Å². The van der Waals surface area contributed by atoms with Crippen molar-refractivity contribution in [2.45, 2.75) is 0 Å². The van der Waals surface area contributed by atoms with Crippen LogP contribution in [0, 0.1) is 0 Å². The molecule has 0 saturated heterocycles. The molecule has 7 heteroatoms. The molecule has 0 aliphatic carbocycles. The van der Waals surface area contributed by atoms with E-state index in [-0.39, 0.29) is 64.6 Å². The molecule has 0 aromatic heterocycles. The van der Waals surface area contributed by atoms with Crippen LogP contribution in [0.5, 0.6) is 0 Å². The Kier molecular flexibility index (Phi) is 460. The summed E-state index contributed by atoms with van der Waals surface area (Å²) in [6.07, 6.45) is 0. The van der Waals surface area contributed by atoms with Crippen molar-refractivity contribution >= 4 is 11.9 Å². The fourth-order valence-electron chi connectivity index (χ4n) is 0. The first-order valence-corrected chi connectivity index (χ1v) is 0.663. The standard InChI is InChI=1S/ClO.2Na.H2O2.H2O/c1-2;;;1-2;/h;;;1-2H;1H2/q-1;2*+1;;/p-1. The monoisotopic (exact) mass is 148 g/mol. The van der Waals surface area contributed by atoms with E-state index in [1.54, 1.807) is 0 Å². The smallest absolute Gasteiger partial charge is 0.870 e. The molecule has 36 valence electrons. The Morgan fingerprint density at radius 3 is 1.00 bits per heavy atom. The van der Waals surface area contributed by atoms with Gasteiger partial charge in [-0.15, -0.1) is 0 Å². The molecule has 3 N–H and O–H groups in total. The third-order valence-corrected chi connectivity index (χ3v) is 0. The summed E-state index contributed by atoms with van der Waals surface area (Å²) >= 11 is 3.39. The van der Waals surface area contributed by atoms with Gasteiger partial charge >= 0.3 is 59.1 Å². The van der Waals surface area contributed by atoms with Crippen LogP contribution >= 0.6 is 11.9 Å². The van der Waals surface area contributed by atoms with E-state index in [4.69, 9.17) is 15.2 Å². The Morgan fingerprint density at radius 1 is 1.00 bits per heavy atom. The molecule has 0 radical (unpaired) electrons. The van der Waals surface area contributed by atoms with Gasteiger partial charge in [-0.2, -0.15) is 0 Å². The first-order chi connectivity index (χ1) is 2.00. The van der Waals surface area contributed by atoms with E-state index >= 15 is 0 Å². The summed E-state index contributed by atoms with van der Waals surface area (Å²) in [7, 11) is 0. The summed E-state index contributed by atoms with van der Waals surface area (Å²) in [5, 5.41) is 12.0. The average Bonchev–Trinajstić information content (AvgIpc) is 1.50. The number of hydrogen-bond acceptors (Lipinski definition) is 4. The van der Waals surface area contributed by atoms with Crippen LogP contribution in [0.3, 0.4) is 0 Å². The minimum absolute atomic E-state index is 0. The van der Waals surface area contributed by atoms with Crippen LogP contribution in [0.4, 0.5) is 0 Å². The van der Waals surface area contributed by atoms with Crippen LogP contribution in [-0.4, -0.2) is 16.0 Å². The molecule has 0 atom stereocenters. The van der Waals surface area contributed by atoms with E-state index in [0.29, 0.717) is 0 Å². The topological polar surface area (TPSA) is 93.5 Å². The molecule has 0 heterocycles. The van der Waals surface area contributed by atoms with Gasteiger partial charge in [0.1, 0.15) is 0 Å². The van der Waals surface area contributed by atoms with Gasteiger partial charge in [0, 0.05) is 0 Å². The van der Waals surface area contributed by atoms with E-state index in [1.807, 2.05) is 0 Å². The van der Waals surface area contributed by atoms with E-state index in [2.05, 4.69) is 11.9 Å². The van der Waals surface area contributed by atoms with Crippen molar-refractivity contribution in [3.63, 3.8) is 0 Å². The van der Waals surface area contributed by atoms with Crippen LogP contribution in [0.15, 0.2) is 0 Å². The van der Waals surface area contributed by atoms with Crippen molar-refractivity contribution in [1.29, 1.82) is 0 Å². The van der Waals surface area contributed by atoms with Gasteiger partial charge in [-0.05, 0) is 0 Å². The molecule has 0 unspecified atom stereocenters. The minimum Gasteiger partial charge on any atom is -0.870 e. The molecular formula is H3ClNa2O4. The number of hydrogen-bond donors (Lipinski definition) is 2. The molecule has 0 aromatic rings. The minimum atomic E-state index is 0. The Bertz CT molecular complexity index is 9.65. The maximum atomic E-state index is 7.72. The zero-order valence-corrected chi connectivity index (χ0v) is 8.88. The van der Waals surface area contributed by atoms with Gasteiger partial charge in [0.05, 0.1) is 0 Å². The molecule has 0 rings (SSSR count). The summed E-state index contributed by atoms with van der Waals surface area (Å²) in [5.74, 6) is 0. The molecule has 4 nitrogen and oxygen atoms in total. The molecule has 0 amide bonds. The van der Waals surface area contributed by atoms with Gasteiger partial charge in [0.15, 0.2) is 0 Å². The first kappa shape index (κ1) is 35.4. The van der Waals surface area contributed by atoms with Gasteiger partial charge in [-0.3, -0.25) is 10.5 Å². The van der Waals surface area contributed by atoms with Crippen LogP contribution in [0.1, 0.15) is 0 Å². The molecule has 0 spiro atoms. The molecule has 0 aromatic carbocycles. The summed E-state index contributed by atoms with van der Waals surface area (Å²) in [6, 6.07) is 0. The molecule has 0 fully saturated rings. The Balaban J connectivity index is -0.00000000267. The fraction of sp³-hybridized carbons (Fsp3) is 0. The van der Waals surface area contributed by atoms with Crippen LogP contribution in [0.25, 0.3) is 0 Å². The van der Waals surface area contributed by atoms with Gasteiger partial charge in [-0.1, -0.05) is 0 Å². The maximum absolute atomic E-state index is 7.72. The molecule has 0 bridgehead atoms. The van der Waals surface area contributed by atoms with Gasteiger partial charge < -0.3 is 10.1 Å². The van der Waals surface area contributed by atoms with Crippen LogP contribution in [-0.2, 0) is 0 Å². The van der Waals surface area contributed by atoms with Crippen molar-refractivity contribution in [3.8, 4) is 0 Å². The van der Waals surface area contributed by atoms with Crippen LogP contribution in [0.2, 0.25) is 0 Å². The Labute approximate surface area is 90.5 Å². The second-order valence-electron chi connectivity index (χ2n) is 0. The average molecular weight is 148 g/mol. The van der Waals surface area contributed by atoms with E-state index < -0.39 is 0 Å². The molecule has 0 aliphatic rings. The van der Waals surface area contributed by atoms with E-state index in [0.717, 1.165) is 0 Å². The fourth-order valence-corrected chi connectivity index (χ4v) is 0. The Morgan fingerprint density at radius 2 is 1.00 bits per heavy atom. The van der Waals surface area contributed by atoms with Crippen molar-refractivity contribution in [1.82, 2.24) is 0 Å². The maximum Gasteiger partial charge on any atom is 1.00 e. The number of halogens is 1. The summed E-state index contributed by atoms with van der Waals surface area (Å²) in [6.45, 7) is 0. The van der Waals surface area contributed by atoms with Crippen molar-refractivity contribution in [2.24, 2.45) is 0 Å². The second-order valence-corrected chi connectivity index (χ2v) is 0. The molecule has 7 heavy (non-hydrogen) atoms. The van der Waals surface area contributed by atoms with E-state index in [9.17, 15) is 0 Å². The quantitative estimate of drug-likeness (QED) is 0.203. The second kappa shape index (κ2) is 91.1. The zero-order valence-electron chi connectivity index (χ0n) is 4.13. The van der Waals surface area contributed by atoms with Gasteiger partial charge in [-0.25, -0.2) is 11.9 Å². The normalized spacial score (nSPS) is 1.71. The molecule has 0 saturated carbocycles. The summed E-state index contributed by atoms with van der Waals surface area (Å²) < 4.78 is 7.72. The Hall–Kier alpha value is 2.13. The van der Waals surface area contributed by atoms with Gasteiger partial charge in [0.25, 0.3) is 0 Å². The molecule has 0 aliphatic heterocycles. The predicted molar refractivity (Wildman–Crippen MR) is 13.0 cm³/mol. The van der Waals surface area contributed by atoms with Crippen LogP contribution < -0.4 is 63.8 Å². The largest absolute Gasteiger partial charge is 1.00 e.